The Kier molecular flexibility index (Phi) is 6.70. The molecule has 8 nitrogen and oxygen atoms in total. The van der Waals surface area contributed by atoms with Crippen LogP contribution < -0.4 is 5.32 Å². The van der Waals surface area contributed by atoms with Gasteiger partial charge in [-0.25, -0.2) is 4.79 Å². The van der Waals surface area contributed by atoms with Crippen LogP contribution in [-0.4, -0.2) is 85.2 Å². The molecular formula is C21H33N3O5. The molecule has 1 saturated carbocycles. The Balaban J connectivity index is 1.47. The lowest BCUT2D eigenvalue weighted by Crippen LogP contribution is -2.59. The first-order chi connectivity index (χ1) is 14.1. The maximum Gasteiger partial charge on any atom is 0.318 e. The maximum absolute atomic E-state index is 13.5. The number of likely N-dealkylation sites (tertiary alicyclic amines) is 1. The zero-order chi connectivity index (χ0) is 20.2. The predicted molar refractivity (Wildman–Crippen MR) is 105 cm³/mol. The minimum atomic E-state index is -0.583. The fraction of sp³-hybridized carbons (Fsp3) is 0.857. The van der Waals surface area contributed by atoms with Crippen LogP contribution in [0.2, 0.25) is 0 Å². The highest BCUT2D eigenvalue weighted by Gasteiger charge is 2.46. The zero-order valence-electron chi connectivity index (χ0n) is 17.1. The van der Waals surface area contributed by atoms with Crippen molar-refractivity contribution in [2.45, 2.75) is 69.6 Å². The predicted octanol–water partition coefficient (Wildman–Crippen LogP) is 1.33. The minimum Gasteiger partial charge on any atom is -0.378 e. The lowest BCUT2D eigenvalue weighted by atomic mass is 9.84. The van der Waals surface area contributed by atoms with Crippen molar-refractivity contribution >= 4 is 17.7 Å². The van der Waals surface area contributed by atoms with E-state index in [9.17, 15) is 14.4 Å². The summed E-state index contributed by atoms with van der Waals surface area (Å²) in [5.74, 6) is 0.309. The fourth-order valence-electron chi connectivity index (χ4n) is 5.22. The van der Waals surface area contributed by atoms with Crippen LogP contribution in [0.25, 0.3) is 0 Å². The number of hydrogen-bond acceptors (Lipinski definition) is 5. The number of piperidine rings is 1. The van der Waals surface area contributed by atoms with Crippen molar-refractivity contribution in [3.8, 4) is 0 Å². The van der Waals surface area contributed by atoms with E-state index >= 15 is 0 Å². The number of morpholine rings is 1. The molecule has 162 valence electrons. The maximum atomic E-state index is 13.5. The second-order valence-corrected chi connectivity index (χ2v) is 8.78. The van der Waals surface area contributed by atoms with E-state index in [1.807, 2.05) is 0 Å². The molecule has 3 amide bonds. The third kappa shape index (κ3) is 4.74. The van der Waals surface area contributed by atoms with E-state index in [1.165, 1.54) is 19.3 Å². The Bertz CT molecular complexity index is 615. The first-order valence-electron chi connectivity index (χ1n) is 11.2. The van der Waals surface area contributed by atoms with Gasteiger partial charge in [-0.2, -0.15) is 0 Å². The highest BCUT2D eigenvalue weighted by molar-refractivity contribution is 5.94. The van der Waals surface area contributed by atoms with Crippen LogP contribution in [0.4, 0.5) is 4.79 Å². The largest absolute Gasteiger partial charge is 0.378 e. The average Bonchev–Trinajstić information content (AvgIpc) is 3.15. The number of urea groups is 1. The van der Waals surface area contributed by atoms with E-state index < -0.39 is 12.1 Å². The molecule has 0 aromatic rings. The number of amides is 3. The van der Waals surface area contributed by atoms with Crippen molar-refractivity contribution < 1.29 is 23.9 Å². The van der Waals surface area contributed by atoms with Crippen molar-refractivity contribution in [3.05, 3.63) is 0 Å². The summed E-state index contributed by atoms with van der Waals surface area (Å²) in [6.07, 6.45) is 7.92. The zero-order valence-corrected chi connectivity index (χ0v) is 17.1. The van der Waals surface area contributed by atoms with Gasteiger partial charge in [-0.05, 0) is 25.2 Å². The number of carbonyl (C=O) groups is 3. The Morgan fingerprint density at radius 3 is 2.55 bits per heavy atom. The summed E-state index contributed by atoms with van der Waals surface area (Å²) in [5, 5.41) is 3.01. The van der Waals surface area contributed by atoms with Crippen LogP contribution in [-0.2, 0) is 19.1 Å². The number of ketones is 1. The highest BCUT2D eigenvalue weighted by atomic mass is 16.5. The lowest BCUT2D eigenvalue weighted by molar-refractivity contribution is -0.142. The first kappa shape index (κ1) is 20.6. The van der Waals surface area contributed by atoms with Gasteiger partial charge in [0.25, 0.3) is 0 Å². The smallest absolute Gasteiger partial charge is 0.318 e. The quantitative estimate of drug-likeness (QED) is 0.760. The second kappa shape index (κ2) is 9.43. The molecule has 1 N–H and O–H groups in total. The Hall–Kier alpha value is -1.67. The van der Waals surface area contributed by atoms with E-state index in [0.717, 1.165) is 25.7 Å². The molecule has 3 heterocycles. The molecule has 3 aliphatic heterocycles. The Morgan fingerprint density at radius 1 is 1.03 bits per heavy atom. The molecule has 0 aromatic carbocycles. The van der Waals surface area contributed by atoms with Crippen molar-refractivity contribution in [2.24, 2.45) is 5.92 Å². The molecule has 3 saturated heterocycles. The van der Waals surface area contributed by atoms with E-state index in [2.05, 4.69) is 5.32 Å². The molecule has 3 atom stereocenters. The summed E-state index contributed by atoms with van der Waals surface area (Å²) in [4.78, 5) is 42.1. The Labute approximate surface area is 172 Å². The summed E-state index contributed by atoms with van der Waals surface area (Å²) >= 11 is 0. The van der Waals surface area contributed by atoms with Gasteiger partial charge in [0.05, 0.1) is 19.3 Å². The van der Waals surface area contributed by atoms with Gasteiger partial charge in [-0.15, -0.1) is 0 Å². The second-order valence-electron chi connectivity index (χ2n) is 8.78. The molecule has 1 aliphatic carbocycles. The minimum absolute atomic E-state index is 0.0148. The van der Waals surface area contributed by atoms with Gasteiger partial charge in [0.15, 0.2) is 5.78 Å². The van der Waals surface area contributed by atoms with Crippen LogP contribution in [0.15, 0.2) is 0 Å². The number of nitrogens with zero attached hydrogens (tertiary/aromatic N) is 2. The number of carbonyl (C=O) groups excluding carboxylic acids is 3. The van der Waals surface area contributed by atoms with E-state index in [-0.39, 0.29) is 30.4 Å². The van der Waals surface area contributed by atoms with Gasteiger partial charge in [-0.1, -0.05) is 32.1 Å². The summed E-state index contributed by atoms with van der Waals surface area (Å²) in [6, 6.07) is -1.27. The molecule has 0 bridgehead atoms. The molecule has 4 rings (SSSR count). The molecular weight excluding hydrogens is 374 g/mol. The Morgan fingerprint density at radius 2 is 1.79 bits per heavy atom. The van der Waals surface area contributed by atoms with Gasteiger partial charge in [0.2, 0.25) is 5.91 Å². The van der Waals surface area contributed by atoms with Gasteiger partial charge in [0.1, 0.15) is 18.7 Å². The summed E-state index contributed by atoms with van der Waals surface area (Å²) in [5.41, 5.74) is 0. The van der Waals surface area contributed by atoms with Crippen LogP contribution in [0.1, 0.15) is 51.4 Å². The summed E-state index contributed by atoms with van der Waals surface area (Å²) in [6.45, 7) is 2.77. The fourth-order valence-corrected chi connectivity index (χ4v) is 5.22. The standard InChI is InChI=1S/C21H33N3O5/c25-17-14-29-18-7-4-8-24(19(17)18)20(26)16(13-15-5-2-1-3-6-15)22-21(27)23-9-11-28-12-10-23/h15-16,18-19H,1-14H2,(H,22,27)/t16?,18-,19-/m1/s1. The topological polar surface area (TPSA) is 88.2 Å². The van der Waals surface area contributed by atoms with Crippen LogP contribution in [0.5, 0.6) is 0 Å². The molecule has 8 heteroatoms. The lowest BCUT2D eigenvalue weighted by Gasteiger charge is -2.39. The van der Waals surface area contributed by atoms with E-state index in [0.29, 0.717) is 45.2 Å². The van der Waals surface area contributed by atoms with Crippen molar-refractivity contribution in [2.75, 3.05) is 39.5 Å². The molecule has 0 spiro atoms. The number of Topliss-reactive ketones (excluding diaryl/α,β-unsaturated/α-hetero) is 1. The number of nitrogens with one attached hydrogen (secondary N) is 1. The first-order valence-corrected chi connectivity index (χ1v) is 11.2. The van der Waals surface area contributed by atoms with Crippen molar-refractivity contribution in [1.82, 2.24) is 15.1 Å². The number of fused-ring (bicyclic) bond motifs is 1. The molecule has 4 aliphatic rings. The highest BCUT2D eigenvalue weighted by Crippen LogP contribution is 2.30. The van der Waals surface area contributed by atoms with Gasteiger partial charge >= 0.3 is 6.03 Å². The van der Waals surface area contributed by atoms with Crippen LogP contribution in [0.3, 0.4) is 0 Å². The molecule has 29 heavy (non-hydrogen) atoms. The molecule has 0 aromatic heterocycles. The number of hydrogen-bond donors (Lipinski definition) is 1. The molecule has 4 fully saturated rings. The van der Waals surface area contributed by atoms with E-state index in [1.54, 1.807) is 9.80 Å². The van der Waals surface area contributed by atoms with E-state index in [4.69, 9.17) is 9.47 Å². The SMILES string of the molecule is O=C1CO[C@@H]2CCCN(C(=O)C(CC3CCCCC3)NC(=O)N3CCOCC3)[C@H]12. The van der Waals surface area contributed by atoms with Crippen molar-refractivity contribution in [1.29, 1.82) is 0 Å². The number of ether oxygens (including phenoxy) is 2. The van der Waals surface area contributed by atoms with Gasteiger partial charge in [-0.3, -0.25) is 9.59 Å². The van der Waals surface area contributed by atoms with Crippen LogP contribution >= 0.6 is 0 Å². The molecule has 0 radical (unpaired) electrons. The average molecular weight is 408 g/mol. The molecule has 1 unspecified atom stereocenters. The normalized spacial score (nSPS) is 29.4. The monoisotopic (exact) mass is 407 g/mol. The van der Waals surface area contributed by atoms with Gasteiger partial charge in [0, 0.05) is 19.6 Å². The van der Waals surface area contributed by atoms with Crippen LogP contribution in [0, 0.1) is 5.92 Å². The third-order valence-corrected chi connectivity index (χ3v) is 6.82. The number of rotatable bonds is 4. The summed E-state index contributed by atoms with van der Waals surface area (Å²) in [7, 11) is 0. The summed E-state index contributed by atoms with van der Waals surface area (Å²) < 4.78 is 10.9. The van der Waals surface area contributed by atoms with Crippen molar-refractivity contribution in [3.63, 3.8) is 0 Å². The third-order valence-electron chi connectivity index (χ3n) is 6.82. The van der Waals surface area contributed by atoms with Gasteiger partial charge < -0.3 is 24.6 Å².